The van der Waals surface area contributed by atoms with Crippen molar-refractivity contribution in [2.45, 2.75) is 6.61 Å². The monoisotopic (exact) mass is 339 g/mol. The number of hydrogen-bond donors (Lipinski definition) is 1. The number of rotatable bonds is 6. The Morgan fingerprint density at radius 3 is 2.56 bits per heavy atom. The van der Waals surface area contributed by atoms with E-state index in [2.05, 4.69) is 5.32 Å². The maximum Gasteiger partial charge on any atom is 0.407 e. The van der Waals surface area contributed by atoms with Crippen LogP contribution in [0.5, 0.6) is 11.5 Å². The van der Waals surface area contributed by atoms with Gasteiger partial charge in [-0.25, -0.2) is 4.79 Å². The van der Waals surface area contributed by atoms with E-state index >= 15 is 0 Å². The van der Waals surface area contributed by atoms with Crippen molar-refractivity contribution in [1.82, 2.24) is 5.32 Å². The first-order valence-electron chi connectivity index (χ1n) is 7.76. The van der Waals surface area contributed by atoms with Crippen LogP contribution in [0.2, 0.25) is 0 Å². The van der Waals surface area contributed by atoms with Crippen LogP contribution >= 0.6 is 0 Å². The van der Waals surface area contributed by atoms with Gasteiger partial charge in [-0.05, 0) is 23.3 Å². The third-order valence-electron chi connectivity index (χ3n) is 3.58. The van der Waals surface area contributed by atoms with E-state index in [4.69, 9.17) is 14.2 Å². The summed E-state index contributed by atoms with van der Waals surface area (Å²) in [6, 6.07) is 12.8. The lowest BCUT2D eigenvalue weighted by Crippen LogP contribution is -2.24. The Morgan fingerprint density at radius 1 is 1.12 bits per heavy atom. The van der Waals surface area contributed by atoms with Crippen molar-refractivity contribution in [2.75, 3.05) is 13.3 Å². The Labute approximate surface area is 145 Å². The van der Waals surface area contributed by atoms with Gasteiger partial charge in [-0.3, -0.25) is 4.79 Å². The molecule has 0 spiro atoms. The highest BCUT2D eigenvalue weighted by atomic mass is 16.7. The molecule has 1 heterocycles. The van der Waals surface area contributed by atoms with Crippen LogP contribution in [0.15, 0.2) is 48.5 Å². The van der Waals surface area contributed by atoms with Crippen LogP contribution in [0.3, 0.4) is 0 Å². The van der Waals surface area contributed by atoms with E-state index in [0.717, 1.165) is 11.8 Å². The number of carbonyl (C=O) groups is 2. The second-order valence-electron chi connectivity index (χ2n) is 5.30. The highest BCUT2D eigenvalue weighted by Crippen LogP contribution is 2.34. The Balaban J connectivity index is 1.50. The largest absolute Gasteiger partial charge is 0.454 e. The van der Waals surface area contributed by atoms with Crippen molar-refractivity contribution < 1.29 is 23.8 Å². The summed E-state index contributed by atoms with van der Waals surface area (Å²) in [5.74, 6) is 1.15. The van der Waals surface area contributed by atoms with Gasteiger partial charge in [-0.2, -0.15) is 0 Å². The average molecular weight is 339 g/mol. The van der Waals surface area contributed by atoms with Crippen molar-refractivity contribution in [1.29, 1.82) is 0 Å². The molecule has 2 aromatic carbocycles. The molecule has 2 aromatic rings. The van der Waals surface area contributed by atoms with Crippen LogP contribution in [0, 0.1) is 0 Å². The summed E-state index contributed by atoms with van der Waals surface area (Å²) < 4.78 is 15.6. The molecule has 3 rings (SSSR count). The molecule has 0 radical (unpaired) electrons. The maximum absolute atomic E-state index is 11.6. The highest BCUT2D eigenvalue weighted by molar-refractivity contribution is 5.84. The lowest BCUT2D eigenvalue weighted by atomic mass is 10.1. The van der Waals surface area contributed by atoms with Gasteiger partial charge in [-0.15, -0.1) is 0 Å². The fraction of sp³-hybridized carbons (Fsp3) is 0.158. The van der Waals surface area contributed by atoms with Gasteiger partial charge < -0.3 is 19.5 Å². The van der Waals surface area contributed by atoms with Crippen LogP contribution in [-0.4, -0.2) is 25.7 Å². The third-order valence-corrected chi connectivity index (χ3v) is 3.58. The lowest BCUT2D eigenvalue weighted by molar-refractivity contribution is 0.112. The summed E-state index contributed by atoms with van der Waals surface area (Å²) in [5, 5.41) is 2.62. The molecule has 128 valence electrons. The van der Waals surface area contributed by atoms with E-state index in [0.29, 0.717) is 22.6 Å². The normalized spacial score (nSPS) is 12.2. The zero-order valence-electron chi connectivity index (χ0n) is 13.4. The summed E-state index contributed by atoms with van der Waals surface area (Å²) in [5.41, 5.74) is 2.11. The Morgan fingerprint density at radius 2 is 1.84 bits per heavy atom. The van der Waals surface area contributed by atoms with Gasteiger partial charge in [-0.1, -0.05) is 42.5 Å². The molecule has 0 saturated heterocycles. The predicted molar refractivity (Wildman–Crippen MR) is 91.6 cm³/mol. The minimum Gasteiger partial charge on any atom is -0.454 e. The number of hydrogen-bond acceptors (Lipinski definition) is 5. The molecule has 1 aliphatic rings. The first kappa shape index (κ1) is 16.6. The molecule has 1 aliphatic heterocycles. The molecule has 0 aliphatic carbocycles. The van der Waals surface area contributed by atoms with Crippen LogP contribution in [0.25, 0.3) is 6.08 Å². The van der Waals surface area contributed by atoms with Crippen LogP contribution in [0.1, 0.15) is 21.5 Å². The minimum atomic E-state index is -0.505. The second kappa shape index (κ2) is 8.01. The van der Waals surface area contributed by atoms with Gasteiger partial charge in [0.1, 0.15) is 6.61 Å². The molecular formula is C19H17NO5. The maximum atomic E-state index is 11.6. The number of amides is 1. The van der Waals surface area contributed by atoms with Crippen LogP contribution in [-0.2, 0) is 11.3 Å². The van der Waals surface area contributed by atoms with Gasteiger partial charge in [0.15, 0.2) is 17.8 Å². The number of fused-ring (bicyclic) bond motifs is 1. The molecule has 0 atom stereocenters. The zero-order chi connectivity index (χ0) is 17.5. The van der Waals surface area contributed by atoms with E-state index < -0.39 is 6.09 Å². The number of alkyl carbamates (subject to hydrolysis) is 1. The smallest absolute Gasteiger partial charge is 0.407 e. The van der Waals surface area contributed by atoms with E-state index in [1.807, 2.05) is 30.3 Å². The summed E-state index contributed by atoms with van der Waals surface area (Å²) >= 11 is 0. The minimum absolute atomic E-state index is 0.148. The number of nitrogens with one attached hydrogen (secondary N) is 1. The second-order valence-corrected chi connectivity index (χ2v) is 5.30. The topological polar surface area (TPSA) is 73.9 Å². The number of ether oxygens (including phenoxy) is 3. The number of benzene rings is 2. The molecule has 0 aromatic heterocycles. The van der Waals surface area contributed by atoms with Crippen molar-refractivity contribution in [2.24, 2.45) is 0 Å². The molecular weight excluding hydrogens is 322 g/mol. The average Bonchev–Trinajstić information content (AvgIpc) is 3.11. The molecule has 25 heavy (non-hydrogen) atoms. The molecule has 6 nitrogen and oxygen atoms in total. The molecule has 1 N–H and O–H groups in total. The van der Waals surface area contributed by atoms with Gasteiger partial charge >= 0.3 is 6.09 Å². The fourth-order valence-electron chi connectivity index (χ4n) is 2.32. The standard InChI is InChI=1S/C19H17NO5/c21-11-16-10-18-17(24-13-25-18)9-15(16)7-4-8-20-19(22)23-12-14-5-2-1-3-6-14/h1-7,9-11H,8,12-13H2,(H,20,22). The Bertz CT molecular complexity index is 786. The number of aldehydes is 1. The molecule has 0 saturated carbocycles. The molecule has 0 unspecified atom stereocenters. The zero-order valence-corrected chi connectivity index (χ0v) is 13.4. The van der Waals surface area contributed by atoms with Gasteiger partial charge in [0.05, 0.1) is 0 Å². The van der Waals surface area contributed by atoms with E-state index in [-0.39, 0.29) is 19.9 Å². The van der Waals surface area contributed by atoms with Gasteiger partial charge in [0.2, 0.25) is 6.79 Å². The van der Waals surface area contributed by atoms with Crippen molar-refractivity contribution in [3.63, 3.8) is 0 Å². The fourth-order valence-corrected chi connectivity index (χ4v) is 2.32. The number of carbonyl (C=O) groups excluding carboxylic acids is 2. The predicted octanol–water partition coefficient (Wildman–Crippen LogP) is 3.17. The quantitative estimate of drug-likeness (QED) is 0.818. The van der Waals surface area contributed by atoms with Crippen molar-refractivity contribution in [3.8, 4) is 11.5 Å². The van der Waals surface area contributed by atoms with Crippen molar-refractivity contribution in [3.05, 3.63) is 65.2 Å². The highest BCUT2D eigenvalue weighted by Gasteiger charge is 2.15. The summed E-state index contributed by atoms with van der Waals surface area (Å²) in [6.45, 7) is 0.643. The first-order valence-corrected chi connectivity index (χ1v) is 7.76. The van der Waals surface area contributed by atoms with Crippen LogP contribution < -0.4 is 14.8 Å². The SMILES string of the molecule is O=Cc1cc2c(cc1C=CCNC(=O)OCc1ccccc1)OCO2. The Kier molecular flexibility index (Phi) is 5.31. The van der Waals surface area contributed by atoms with E-state index in [1.54, 1.807) is 24.3 Å². The lowest BCUT2D eigenvalue weighted by Gasteiger charge is -2.05. The van der Waals surface area contributed by atoms with Gasteiger partial charge in [0, 0.05) is 12.1 Å². The third kappa shape index (κ3) is 4.38. The van der Waals surface area contributed by atoms with Crippen LogP contribution in [0.4, 0.5) is 4.79 Å². The van der Waals surface area contributed by atoms with Crippen molar-refractivity contribution >= 4 is 18.5 Å². The van der Waals surface area contributed by atoms with Gasteiger partial charge in [0.25, 0.3) is 0 Å². The summed E-state index contributed by atoms with van der Waals surface area (Å²) in [6.07, 6.45) is 3.72. The Hall–Kier alpha value is -3.28. The molecule has 0 fully saturated rings. The molecule has 6 heteroatoms. The van der Waals surface area contributed by atoms with E-state index in [1.165, 1.54) is 0 Å². The molecule has 1 amide bonds. The summed E-state index contributed by atoms with van der Waals surface area (Å²) in [7, 11) is 0. The van der Waals surface area contributed by atoms with E-state index in [9.17, 15) is 9.59 Å². The first-order chi connectivity index (χ1) is 12.3. The summed E-state index contributed by atoms with van der Waals surface area (Å²) in [4.78, 5) is 22.8. The molecule has 0 bridgehead atoms.